The van der Waals surface area contributed by atoms with Crippen LogP contribution in [0.2, 0.25) is 0 Å². The first-order valence-electron chi connectivity index (χ1n) is 9.56. The number of non-ortho nitro benzene ring substituents is 1. The van der Waals surface area contributed by atoms with E-state index < -0.39 is 16.6 Å². The topological polar surface area (TPSA) is 79.1 Å². The summed E-state index contributed by atoms with van der Waals surface area (Å²) in [5.74, 6) is 0.608. The Bertz CT molecular complexity index is 874. The monoisotopic (exact) mass is 455 g/mol. The van der Waals surface area contributed by atoms with Gasteiger partial charge in [0.05, 0.1) is 11.0 Å². The second-order valence-electron chi connectivity index (χ2n) is 7.93. The van der Waals surface area contributed by atoms with Crippen molar-refractivity contribution in [2.45, 2.75) is 31.6 Å². The van der Waals surface area contributed by atoms with Gasteiger partial charge in [-0.2, -0.15) is 0 Å². The van der Waals surface area contributed by atoms with E-state index in [0.29, 0.717) is 11.3 Å². The third-order valence-corrected chi connectivity index (χ3v) is 5.74. The summed E-state index contributed by atoms with van der Waals surface area (Å²) < 4.78 is 5.97. The van der Waals surface area contributed by atoms with Crippen LogP contribution in [0.1, 0.15) is 25.5 Å². The van der Waals surface area contributed by atoms with E-state index in [9.17, 15) is 15.2 Å². The van der Waals surface area contributed by atoms with Gasteiger partial charge in [-0.3, -0.25) is 15.0 Å². The van der Waals surface area contributed by atoms with Crippen molar-refractivity contribution in [2.75, 3.05) is 31.1 Å². The van der Waals surface area contributed by atoms with Crippen LogP contribution in [-0.2, 0) is 0 Å². The summed E-state index contributed by atoms with van der Waals surface area (Å²) in [5.41, 5.74) is 1.12. The number of anilines is 1. The molecule has 2 aliphatic rings. The van der Waals surface area contributed by atoms with Crippen molar-refractivity contribution in [3.63, 3.8) is 0 Å². The SMILES string of the molecule is CC1(C)Oc2ccc([N+](=O)[O-])cc2[C@H](N2CCN(c3ccccc3)CC2)[C@H]1O.Cl.Cl. The molecule has 30 heavy (non-hydrogen) atoms. The highest BCUT2D eigenvalue weighted by atomic mass is 35.5. The zero-order valence-electron chi connectivity index (χ0n) is 16.9. The first-order chi connectivity index (χ1) is 13.4. The van der Waals surface area contributed by atoms with Crippen LogP contribution >= 0.6 is 24.8 Å². The minimum atomic E-state index is -0.787. The van der Waals surface area contributed by atoms with Crippen LogP contribution in [0.3, 0.4) is 0 Å². The predicted octanol–water partition coefficient (Wildman–Crippen LogP) is 3.83. The summed E-state index contributed by atoms with van der Waals surface area (Å²) in [4.78, 5) is 15.4. The van der Waals surface area contributed by atoms with Gasteiger partial charge in [0.2, 0.25) is 0 Å². The zero-order valence-corrected chi connectivity index (χ0v) is 18.6. The van der Waals surface area contributed by atoms with Crippen LogP contribution in [0.15, 0.2) is 48.5 Å². The molecule has 0 unspecified atom stereocenters. The molecule has 9 heteroatoms. The largest absolute Gasteiger partial charge is 0.485 e. The summed E-state index contributed by atoms with van der Waals surface area (Å²) in [6.07, 6.45) is -0.787. The molecule has 0 aromatic heterocycles. The van der Waals surface area contributed by atoms with E-state index in [1.165, 1.54) is 11.8 Å². The van der Waals surface area contributed by atoms with Gasteiger partial charge in [-0.15, -0.1) is 24.8 Å². The maximum Gasteiger partial charge on any atom is 0.270 e. The van der Waals surface area contributed by atoms with Gasteiger partial charge < -0.3 is 14.7 Å². The zero-order chi connectivity index (χ0) is 19.9. The first-order valence-corrected chi connectivity index (χ1v) is 9.56. The number of nitro benzene ring substituents is 1. The molecule has 2 atom stereocenters. The van der Waals surface area contributed by atoms with Gasteiger partial charge in [-0.05, 0) is 32.0 Å². The van der Waals surface area contributed by atoms with Gasteiger partial charge in [-0.1, -0.05) is 18.2 Å². The van der Waals surface area contributed by atoms with E-state index in [2.05, 4.69) is 21.9 Å². The normalized spacial score (nSPS) is 22.7. The van der Waals surface area contributed by atoms with Gasteiger partial charge in [0, 0.05) is 49.6 Å². The molecule has 0 spiro atoms. The number of ether oxygens (including phenoxy) is 1. The van der Waals surface area contributed by atoms with Crippen LogP contribution in [0.25, 0.3) is 0 Å². The quantitative estimate of drug-likeness (QED) is 0.559. The van der Waals surface area contributed by atoms with Crippen LogP contribution in [-0.4, -0.2) is 52.8 Å². The molecule has 1 N–H and O–H groups in total. The van der Waals surface area contributed by atoms with Crippen molar-refractivity contribution >= 4 is 36.2 Å². The number of nitro groups is 1. The average Bonchev–Trinajstić information content (AvgIpc) is 2.69. The molecule has 1 saturated heterocycles. The molecule has 0 bridgehead atoms. The molecule has 0 saturated carbocycles. The number of aliphatic hydroxyl groups is 1. The summed E-state index contributed by atoms with van der Waals surface area (Å²) in [5, 5.41) is 22.3. The lowest BCUT2D eigenvalue weighted by Crippen LogP contribution is -2.57. The lowest BCUT2D eigenvalue weighted by Gasteiger charge is -2.48. The number of benzene rings is 2. The molecule has 0 aliphatic carbocycles. The highest BCUT2D eigenvalue weighted by Gasteiger charge is 2.46. The van der Waals surface area contributed by atoms with Crippen LogP contribution in [0.5, 0.6) is 5.75 Å². The number of para-hydroxylation sites is 1. The van der Waals surface area contributed by atoms with E-state index in [1.807, 2.05) is 32.0 Å². The van der Waals surface area contributed by atoms with Crippen molar-refractivity contribution in [1.82, 2.24) is 4.90 Å². The fourth-order valence-electron chi connectivity index (χ4n) is 4.16. The Hall–Kier alpha value is -2.06. The Kier molecular flexibility index (Phi) is 7.58. The number of nitrogens with zero attached hydrogens (tertiary/aromatic N) is 3. The molecule has 1 fully saturated rings. The van der Waals surface area contributed by atoms with E-state index in [4.69, 9.17) is 4.74 Å². The highest BCUT2D eigenvalue weighted by Crippen LogP contribution is 2.44. The summed E-state index contributed by atoms with van der Waals surface area (Å²) in [6, 6.07) is 14.6. The number of hydrogen-bond donors (Lipinski definition) is 1. The smallest absolute Gasteiger partial charge is 0.270 e. The molecule has 164 valence electrons. The van der Waals surface area contributed by atoms with Gasteiger partial charge in [0.25, 0.3) is 5.69 Å². The van der Waals surface area contributed by atoms with E-state index in [-0.39, 0.29) is 36.5 Å². The second kappa shape index (κ2) is 9.39. The fourth-order valence-corrected chi connectivity index (χ4v) is 4.16. The number of fused-ring (bicyclic) bond motifs is 1. The van der Waals surface area contributed by atoms with Gasteiger partial charge >= 0.3 is 0 Å². The lowest BCUT2D eigenvalue weighted by molar-refractivity contribution is -0.385. The van der Waals surface area contributed by atoms with Crippen LogP contribution in [0.4, 0.5) is 11.4 Å². The molecular weight excluding hydrogens is 429 g/mol. The van der Waals surface area contributed by atoms with E-state index in [1.54, 1.807) is 12.1 Å². The van der Waals surface area contributed by atoms with Crippen molar-refractivity contribution in [3.05, 3.63) is 64.2 Å². The summed E-state index contributed by atoms with van der Waals surface area (Å²) in [7, 11) is 0. The van der Waals surface area contributed by atoms with E-state index in [0.717, 1.165) is 26.2 Å². The first kappa shape index (κ1) is 24.2. The number of rotatable bonds is 3. The highest BCUT2D eigenvalue weighted by molar-refractivity contribution is 5.85. The maximum atomic E-state index is 11.3. The van der Waals surface area contributed by atoms with Gasteiger partial charge in [-0.25, -0.2) is 0 Å². The third-order valence-electron chi connectivity index (χ3n) is 5.74. The maximum absolute atomic E-state index is 11.3. The van der Waals surface area contributed by atoms with Crippen molar-refractivity contribution in [3.8, 4) is 5.75 Å². The average molecular weight is 456 g/mol. The molecule has 2 heterocycles. The van der Waals surface area contributed by atoms with Gasteiger partial charge in [0.15, 0.2) is 0 Å². The molecule has 0 radical (unpaired) electrons. The van der Waals surface area contributed by atoms with Gasteiger partial charge in [0.1, 0.15) is 17.5 Å². The molecule has 2 aromatic carbocycles. The molecular formula is C21H27Cl2N3O4. The molecule has 0 amide bonds. The number of hydrogen-bond acceptors (Lipinski definition) is 6. The Morgan fingerprint density at radius 2 is 1.70 bits per heavy atom. The molecule has 7 nitrogen and oxygen atoms in total. The third kappa shape index (κ3) is 4.49. The molecule has 2 aliphatic heterocycles. The van der Waals surface area contributed by atoms with Crippen molar-refractivity contribution in [1.29, 1.82) is 0 Å². The molecule has 2 aromatic rings. The van der Waals surface area contributed by atoms with Crippen molar-refractivity contribution in [2.24, 2.45) is 0 Å². The minimum absolute atomic E-state index is 0. The number of aliphatic hydroxyl groups excluding tert-OH is 1. The molecule has 4 rings (SSSR count). The Morgan fingerprint density at radius 1 is 1.07 bits per heavy atom. The minimum Gasteiger partial charge on any atom is -0.485 e. The lowest BCUT2D eigenvalue weighted by atomic mass is 9.85. The van der Waals surface area contributed by atoms with Crippen LogP contribution < -0.4 is 9.64 Å². The second-order valence-corrected chi connectivity index (χ2v) is 7.93. The fraction of sp³-hybridized carbons (Fsp3) is 0.429. The Balaban J connectivity index is 0.00000160. The van der Waals surface area contributed by atoms with E-state index >= 15 is 0 Å². The summed E-state index contributed by atoms with van der Waals surface area (Å²) >= 11 is 0. The number of halogens is 2. The predicted molar refractivity (Wildman–Crippen MR) is 121 cm³/mol. The Labute approximate surface area is 188 Å². The summed E-state index contributed by atoms with van der Waals surface area (Å²) in [6.45, 7) is 6.89. The number of piperazine rings is 1. The standard InChI is InChI=1S/C21H25N3O4.2ClH/c1-21(2)20(25)19(17-14-16(24(26)27)8-9-18(17)28-21)23-12-10-22(11-13-23)15-6-4-3-5-7-15;;/h3-9,14,19-20,25H,10-13H2,1-2H3;2*1H/t19-,20+;;/m0../s1. The van der Waals surface area contributed by atoms with Crippen molar-refractivity contribution < 1.29 is 14.8 Å². The Morgan fingerprint density at radius 3 is 2.30 bits per heavy atom. The van der Waals surface area contributed by atoms with Crippen LogP contribution in [0, 0.1) is 10.1 Å².